The van der Waals surface area contributed by atoms with E-state index in [4.69, 9.17) is 4.84 Å². The lowest BCUT2D eigenvalue weighted by molar-refractivity contribution is 0.131. The summed E-state index contributed by atoms with van der Waals surface area (Å²) in [5.74, 6) is 0. The smallest absolute Gasteiger partial charge is 0.142 e. The van der Waals surface area contributed by atoms with Crippen LogP contribution in [0.4, 0.5) is 0 Å². The van der Waals surface area contributed by atoms with Crippen LogP contribution in [0.2, 0.25) is 0 Å². The third kappa shape index (κ3) is 3.74. The summed E-state index contributed by atoms with van der Waals surface area (Å²) < 4.78 is 0. The first kappa shape index (κ1) is 9.78. The maximum atomic E-state index is 5.08. The number of oxime groups is 1. The van der Waals surface area contributed by atoms with E-state index in [2.05, 4.69) is 24.2 Å². The Morgan fingerprint density at radius 1 is 1.46 bits per heavy atom. The normalized spacial score (nSPS) is 10.6. The zero-order valence-corrected chi connectivity index (χ0v) is 8.16. The van der Waals surface area contributed by atoms with Gasteiger partial charge in [-0.1, -0.05) is 41.9 Å². The van der Waals surface area contributed by atoms with Gasteiger partial charge in [-0.15, -0.1) is 0 Å². The second kappa shape index (κ2) is 5.36. The van der Waals surface area contributed by atoms with Gasteiger partial charge in [0, 0.05) is 6.21 Å². The van der Waals surface area contributed by atoms with Crippen LogP contribution in [0.5, 0.6) is 0 Å². The highest BCUT2D eigenvalue weighted by Gasteiger charge is 1.91. The van der Waals surface area contributed by atoms with E-state index >= 15 is 0 Å². The number of rotatable bonds is 4. The van der Waals surface area contributed by atoms with Crippen molar-refractivity contribution in [2.45, 2.75) is 26.9 Å². The van der Waals surface area contributed by atoms with E-state index in [-0.39, 0.29) is 0 Å². The van der Waals surface area contributed by atoms with Gasteiger partial charge in [0.2, 0.25) is 0 Å². The van der Waals surface area contributed by atoms with Crippen molar-refractivity contribution in [3.63, 3.8) is 0 Å². The van der Waals surface area contributed by atoms with E-state index in [0.717, 1.165) is 12.0 Å². The van der Waals surface area contributed by atoms with Crippen LogP contribution in [-0.2, 0) is 11.4 Å². The zero-order valence-electron chi connectivity index (χ0n) is 8.16. The molecule has 0 saturated heterocycles. The van der Waals surface area contributed by atoms with Crippen LogP contribution in [0, 0.1) is 6.92 Å². The molecular weight excluding hydrogens is 162 g/mol. The fourth-order valence-corrected chi connectivity index (χ4v) is 1.04. The van der Waals surface area contributed by atoms with Crippen molar-refractivity contribution in [1.82, 2.24) is 0 Å². The van der Waals surface area contributed by atoms with Gasteiger partial charge in [0.1, 0.15) is 6.61 Å². The van der Waals surface area contributed by atoms with E-state index in [9.17, 15) is 0 Å². The highest BCUT2D eigenvalue weighted by atomic mass is 16.6. The quantitative estimate of drug-likeness (QED) is 0.512. The molecule has 0 spiro atoms. The Labute approximate surface area is 79.2 Å². The fourth-order valence-electron chi connectivity index (χ4n) is 1.04. The average molecular weight is 177 g/mol. The van der Waals surface area contributed by atoms with Crippen LogP contribution in [0.3, 0.4) is 0 Å². The molecule has 2 nitrogen and oxygen atoms in total. The van der Waals surface area contributed by atoms with Crippen molar-refractivity contribution in [2.24, 2.45) is 5.16 Å². The summed E-state index contributed by atoms with van der Waals surface area (Å²) in [7, 11) is 0. The van der Waals surface area contributed by atoms with E-state index in [0.29, 0.717) is 6.61 Å². The number of hydrogen-bond donors (Lipinski definition) is 0. The van der Waals surface area contributed by atoms with E-state index < -0.39 is 0 Å². The number of nitrogens with zero attached hydrogens (tertiary/aromatic N) is 1. The summed E-state index contributed by atoms with van der Waals surface area (Å²) >= 11 is 0. The Hall–Kier alpha value is -1.31. The molecule has 0 aliphatic rings. The molecule has 1 aromatic carbocycles. The molecule has 0 heterocycles. The fraction of sp³-hybridized carbons (Fsp3) is 0.364. The highest BCUT2D eigenvalue weighted by Crippen LogP contribution is 2.04. The lowest BCUT2D eigenvalue weighted by Gasteiger charge is -2.00. The molecule has 0 atom stereocenters. The zero-order chi connectivity index (χ0) is 9.52. The first-order valence-corrected chi connectivity index (χ1v) is 4.52. The molecule has 0 radical (unpaired) electrons. The standard InChI is InChI=1S/C11H15NO/c1-3-7-12-13-9-11-6-4-5-10(2)8-11/h4-8H,3,9H2,1-2H3. The SMILES string of the molecule is CCC=NOCc1cccc(C)c1. The van der Waals surface area contributed by atoms with Crippen LogP contribution in [-0.4, -0.2) is 6.21 Å². The molecule has 1 aromatic rings. The van der Waals surface area contributed by atoms with Gasteiger partial charge in [0.15, 0.2) is 0 Å². The second-order valence-corrected chi connectivity index (χ2v) is 2.96. The summed E-state index contributed by atoms with van der Waals surface area (Å²) in [6.07, 6.45) is 2.67. The maximum Gasteiger partial charge on any atom is 0.142 e. The Morgan fingerprint density at radius 2 is 2.31 bits per heavy atom. The minimum atomic E-state index is 0.554. The summed E-state index contributed by atoms with van der Waals surface area (Å²) in [4.78, 5) is 5.08. The molecule has 0 aromatic heterocycles. The number of benzene rings is 1. The maximum absolute atomic E-state index is 5.08. The van der Waals surface area contributed by atoms with Crippen molar-refractivity contribution >= 4 is 6.21 Å². The minimum Gasteiger partial charge on any atom is -0.391 e. The van der Waals surface area contributed by atoms with Gasteiger partial charge in [-0.3, -0.25) is 0 Å². The van der Waals surface area contributed by atoms with Crippen LogP contribution in [0.15, 0.2) is 29.4 Å². The van der Waals surface area contributed by atoms with E-state index in [1.807, 2.05) is 19.1 Å². The monoisotopic (exact) mass is 177 g/mol. The van der Waals surface area contributed by atoms with E-state index in [1.54, 1.807) is 6.21 Å². The molecule has 0 saturated carbocycles. The Bertz CT molecular complexity index is 281. The van der Waals surface area contributed by atoms with Crippen molar-refractivity contribution in [1.29, 1.82) is 0 Å². The molecular formula is C11H15NO. The van der Waals surface area contributed by atoms with Crippen LogP contribution < -0.4 is 0 Å². The third-order valence-electron chi connectivity index (χ3n) is 1.65. The van der Waals surface area contributed by atoms with Gasteiger partial charge < -0.3 is 4.84 Å². The van der Waals surface area contributed by atoms with Crippen molar-refractivity contribution in [2.75, 3.05) is 0 Å². The summed E-state index contributed by atoms with van der Waals surface area (Å²) in [5.41, 5.74) is 2.41. The highest BCUT2D eigenvalue weighted by molar-refractivity contribution is 5.55. The molecule has 0 unspecified atom stereocenters. The molecule has 0 N–H and O–H groups in total. The van der Waals surface area contributed by atoms with Crippen LogP contribution in [0.25, 0.3) is 0 Å². The predicted molar refractivity (Wildman–Crippen MR) is 54.8 cm³/mol. The summed E-state index contributed by atoms with van der Waals surface area (Å²) in [6.45, 7) is 4.65. The van der Waals surface area contributed by atoms with Gasteiger partial charge in [0.25, 0.3) is 0 Å². The van der Waals surface area contributed by atoms with Crippen LogP contribution in [0.1, 0.15) is 24.5 Å². The van der Waals surface area contributed by atoms with Crippen molar-refractivity contribution in [3.05, 3.63) is 35.4 Å². The first-order chi connectivity index (χ1) is 6.33. The van der Waals surface area contributed by atoms with Crippen LogP contribution >= 0.6 is 0 Å². The van der Waals surface area contributed by atoms with Gasteiger partial charge >= 0.3 is 0 Å². The molecule has 0 bridgehead atoms. The summed E-state index contributed by atoms with van der Waals surface area (Å²) in [6, 6.07) is 8.23. The minimum absolute atomic E-state index is 0.554. The Morgan fingerprint density at radius 3 is 3.00 bits per heavy atom. The molecule has 1 rings (SSSR count). The Balaban J connectivity index is 2.41. The molecule has 0 amide bonds. The molecule has 2 heteroatoms. The lowest BCUT2D eigenvalue weighted by Crippen LogP contribution is -1.87. The molecule has 70 valence electrons. The van der Waals surface area contributed by atoms with Crippen molar-refractivity contribution in [3.8, 4) is 0 Å². The Kier molecular flexibility index (Phi) is 4.03. The predicted octanol–water partition coefficient (Wildman–Crippen LogP) is 2.91. The molecule has 0 aliphatic carbocycles. The average Bonchev–Trinajstić information content (AvgIpc) is 2.13. The van der Waals surface area contributed by atoms with Gasteiger partial charge in [-0.05, 0) is 18.9 Å². The molecule has 0 fully saturated rings. The van der Waals surface area contributed by atoms with Gasteiger partial charge in [-0.2, -0.15) is 0 Å². The first-order valence-electron chi connectivity index (χ1n) is 4.52. The molecule has 13 heavy (non-hydrogen) atoms. The second-order valence-electron chi connectivity index (χ2n) is 2.96. The van der Waals surface area contributed by atoms with Gasteiger partial charge in [0.05, 0.1) is 0 Å². The lowest BCUT2D eigenvalue weighted by atomic mass is 10.1. The van der Waals surface area contributed by atoms with E-state index in [1.165, 1.54) is 5.56 Å². The summed E-state index contributed by atoms with van der Waals surface area (Å²) in [5, 5.41) is 3.79. The molecule has 0 aliphatic heterocycles. The number of aryl methyl sites for hydroxylation is 1. The van der Waals surface area contributed by atoms with Gasteiger partial charge in [-0.25, -0.2) is 0 Å². The number of hydrogen-bond acceptors (Lipinski definition) is 2. The topological polar surface area (TPSA) is 21.6 Å². The van der Waals surface area contributed by atoms with Crippen molar-refractivity contribution < 1.29 is 4.84 Å². The third-order valence-corrected chi connectivity index (χ3v) is 1.65. The largest absolute Gasteiger partial charge is 0.391 e.